The minimum absolute atomic E-state index is 0.0681. The van der Waals surface area contributed by atoms with Crippen LogP contribution in [0.3, 0.4) is 0 Å². The molecule has 0 aliphatic rings. The molecular weight excluding hydrogens is 477 g/mol. The number of rotatable bonds is 9. The fourth-order valence-corrected chi connectivity index (χ4v) is 9.84. The fraction of sp³-hybridized carbons (Fsp3) is 0.548. The normalized spacial score (nSPS) is 15.5. The molecule has 0 aliphatic heterocycles. The van der Waals surface area contributed by atoms with E-state index >= 15 is 0 Å². The van der Waals surface area contributed by atoms with Crippen molar-refractivity contribution in [2.75, 3.05) is 13.2 Å². The summed E-state index contributed by atoms with van der Waals surface area (Å²) >= 11 is 0. The molecule has 3 atom stereocenters. The molecule has 0 saturated carbocycles. The third kappa shape index (κ3) is 7.43. The first kappa shape index (κ1) is 30.5. The highest BCUT2D eigenvalue weighted by Gasteiger charge is 2.50. The predicted octanol–water partition coefficient (Wildman–Crippen LogP) is 6.22. The fourth-order valence-electron chi connectivity index (χ4n) is 4.07. The highest BCUT2D eigenvalue weighted by Crippen LogP contribution is 2.38. The van der Waals surface area contributed by atoms with Gasteiger partial charge in [-0.25, -0.2) is 0 Å². The lowest BCUT2D eigenvalue weighted by Crippen LogP contribution is -2.67. The van der Waals surface area contributed by atoms with Crippen molar-refractivity contribution in [3.05, 3.63) is 60.7 Å². The van der Waals surface area contributed by atoms with Crippen molar-refractivity contribution < 1.29 is 14.0 Å². The molecule has 0 fully saturated rings. The van der Waals surface area contributed by atoms with Gasteiger partial charge in [-0.2, -0.15) is 0 Å². The molecule has 0 spiro atoms. The summed E-state index contributed by atoms with van der Waals surface area (Å²) < 4.78 is 13.3. The molecule has 0 saturated heterocycles. The third-order valence-corrected chi connectivity index (χ3v) is 17.0. The second-order valence-electron chi connectivity index (χ2n) is 12.7. The van der Waals surface area contributed by atoms with Crippen LogP contribution in [0.15, 0.2) is 60.7 Å². The van der Waals surface area contributed by atoms with Gasteiger partial charge in [0.1, 0.15) is 6.10 Å². The van der Waals surface area contributed by atoms with Crippen LogP contribution >= 0.6 is 0 Å². The minimum atomic E-state index is -2.63. The van der Waals surface area contributed by atoms with Gasteiger partial charge < -0.3 is 14.0 Å². The van der Waals surface area contributed by atoms with E-state index in [1.165, 1.54) is 10.4 Å². The van der Waals surface area contributed by atoms with E-state index in [-0.39, 0.29) is 21.9 Å². The average Bonchev–Trinajstić information content (AvgIpc) is 2.81. The first-order chi connectivity index (χ1) is 16.6. The van der Waals surface area contributed by atoms with Crippen LogP contribution in [0.1, 0.15) is 55.4 Å². The van der Waals surface area contributed by atoms with Gasteiger partial charge in [-0.3, -0.25) is 0 Å². The second kappa shape index (κ2) is 12.2. The quantitative estimate of drug-likeness (QED) is 0.313. The molecule has 3 nitrogen and oxygen atoms in total. The van der Waals surface area contributed by atoms with Gasteiger partial charge in [0.15, 0.2) is 8.32 Å². The molecule has 2 aromatic rings. The summed E-state index contributed by atoms with van der Waals surface area (Å²) in [4.78, 5) is 0. The Morgan fingerprint density at radius 3 is 1.61 bits per heavy atom. The number of aliphatic hydroxyl groups is 1. The molecule has 2 rings (SSSR count). The lowest BCUT2D eigenvalue weighted by Gasteiger charge is -2.43. The molecule has 36 heavy (non-hydrogen) atoms. The number of hydrogen-bond donors (Lipinski definition) is 1. The van der Waals surface area contributed by atoms with Crippen LogP contribution in [0.2, 0.25) is 23.2 Å². The van der Waals surface area contributed by atoms with Gasteiger partial charge in [0, 0.05) is 25.0 Å². The Bertz CT molecular complexity index is 956. The van der Waals surface area contributed by atoms with E-state index in [0.717, 1.165) is 0 Å². The summed E-state index contributed by atoms with van der Waals surface area (Å²) in [5.41, 5.74) is 0. The largest absolute Gasteiger partial charge is 0.416 e. The maximum atomic E-state index is 10.9. The minimum Gasteiger partial charge on any atom is -0.416 e. The van der Waals surface area contributed by atoms with Crippen molar-refractivity contribution in [2.45, 2.75) is 84.7 Å². The van der Waals surface area contributed by atoms with Gasteiger partial charge in [-0.05, 0) is 40.5 Å². The summed E-state index contributed by atoms with van der Waals surface area (Å²) in [7, 11) is -4.44. The summed E-state index contributed by atoms with van der Waals surface area (Å²) in [6.07, 6.45) is -0.751. The Hall–Kier alpha value is -1.69. The van der Waals surface area contributed by atoms with E-state index in [4.69, 9.17) is 8.85 Å². The second-order valence-corrected chi connectivity index (χ2v) is 21.8. The zero-order valence-electron chi connectivity index (χ0n) is 24.2. The van der Waals surface area contributed by atoms with Gasteiger partial charge in [0.05, 0.1) is 0 Å². The predicted molar refractivity (Wildman–Crippen MR) is 159 cm³/mol. The van der Waals surface area contributed by atoms with Gasteiger partial charge in [-0.1, -0.05) is 121 Å². The van der Waals surface area contributed by atoms with E-state index in [0.29, 0.717) is 13.2 Å². The lowest BCUT2D eigenvalue weighted by molar-refractivity contribution is 0.123. The zero-order chi connectivity index (χ0) is 27.2. The van der Waals surface area contributed by atoms with Crippen molar-refractivity contribution in [3.63, 3.8) is 0 Å². The smallest absolute Gasteiger partial charge is 0.261 e. The van der Waals surface area contributed by atoms with E-state index < -0.39 is 22.7 Å². The molecule has 0 aromatic heterocycles. The monoisotopic (exact) mass is 524 g/mol. The molecule has 0 heterocycles. The Morgan fingerprint density at radius 1 is 0.722 bits per heavy atom. The molecule has 5 heteroatoms. The molecular formula is C31H48O3Si2. The average molecular weight is 525 g/mol. The molecule has 0 radical (unpaired) electrons. The van der Waals surface area contributed by atoms with Crippen LogP contribution in [0, 0.1) is 23.7 Å². The highest BCUT2D eigenvalue weighted by atomic mass is 28.4. The standard InChI is InChI=1S/C31H48O3Si2/c1-25(23-33-35(9,10)30(3,4)5)21-22-29(32)26(2)24-34-36(31(6,7)8,27-17-13-11-14-18-27)28-19-15-12-16-20-28/h11-20,25-26,29,32H,23-24H2,1-10H3/t25-,26+,29-/m1/s1. The highest BCUT2D eigenvalue weighted by molar-refractivity contribution is 6.99. The van der Waals surface area contributed by atoms with Gasteiger partial charge in [0.25, 0.3) is 8.32 Å². The van der Waals surface area contributed by atoms with Crippen molar-refractivity contribution >= 4 is 27.0 Å². The van der Waals surface area contributed by atoms with Crippen LogP contribution in [0.25, 0.3) is 0 Å². The van der Waals surface area contributed by atoms with Crippen molar-refractivity contribution in [2.24, 2.45) is 11.8 Å². The molecule has 0 aliphatic carbocycles. The van der Waals surface area contributed by atoms with E-state index in [1.54, 1.807) is 0 Å². The first-order valence-corrected chi connectivity index (χ1v) is 18.0. The Kier molecular flexibility index (Phi) is 10.4. The topological polar surface area (TPSA) is 38.7 Å². The van der Waals surface area contributed by atoms with E-state index in [2.05, 4.69) is 122 Å². The Balaban J connectivity index is 2.19. The van der Waals surface area contributed by atoms with E-state index in [9.17, 15) is 5.11 Å². The SMILES string of the molecule is C[C@H](C#C[C@@H](O)[C@@H](C)CO[Si](c1ccccc1)(c1ccccc1)C(C)(C)C)CO[Si](C)(C)C(C)(C)C. The summed E-state index contributed by atoms with van der Waals surface area (Å²) in [5.74, 6) is 6.27. The lowest BCUT2D eigenvalue weighted by atomic mass is 10.1. The molecule has 2 aromatic carbocycles. The maximum absolute atomic E-state index is 10.9. The summed E-state index contributed by atoms with van der Waals surface area (Å²) in [6, 6.07) is 21.2. The molecule has 0 unspecified atom stereocenters. The van der Waals surface area contributed by atoms with Crippen LogP contribution < -0.4 is 10.4 Å². The Morgan fingerprint density at radius 2 is 1.19 bits per heavy atom. The maximum Gasteiger partial charge on any atom is 0.261 e. The van der Waals surface area contributed by atoms with Crippen molar-refractivity contribution in [3.8, 4) is 11.8 Å². The number of benzene rings is 2. The summed E-state index contributed by atoms with van der Waals surface area (Å²) in [5, 5.41) is 13.5. The van der Waals surface area contributed by atoms with Gasteiger partial charge in [-0.15, -0.1) is 0 Å². The van der Waals surface area contributed by atoms with Crippen LogP contribution in [0.5, 0.6) is 0 Å². The number of aliphatic hydroxyl groups excluding tert-OH is 1. The van der Waals surface area contributed by atoms with Gasteiger partial charge in [0.2, 0.25) is 0 Å². The van der Waals surface area contributed by atoms with Crippen molar-refractivity contribution in [1.82, 2.24) is 0 Å². The first-order valence-electron chi connectivity index (χ1n) is 13.2. The molecule has 1 N–H and O–H groups in total. The number of hydrogen-bond acceptors (Lipinski definition) is 3. The van der Waals surface area contributed by atoms with Crippen LogP contribution in [-0.4, -0.2) is 41.1 Å². The van der Waals surface area contributed by atoms with Crippen LogP contribution in [-0.2, 0) is 8.85 Å². The zero-order valence-corrected chi connectivity index (χ0v) is 26.2. The van der Waals surface area contributed by atoms with Crippen LogP contribution in [0.4, 0.5) is 0 Å². The molecule has 0 bridgehead atoms. The van der Waals surface area contributed by atoms with E-state index in [1.807, 2.05) is 19.1 Å². The molecule has 198 valence electrons. The molecule has 0 amide bonds. The third-order valence-electron chi connectivity index (χ3n) is 7.50. The van der Waals surface area contributed by atoms with Crippen molar-refractivity contribution in [1.29, 1.82) is 0 Å². The van der Waals surface area contributed by atoms with Gasteiger partial charge >= 0.3 is 0 Å². The summed E-state index contributed by atoms with van der Waals surface area (Å²) in [6.45, 7) is 23.2. The Labute approximate surface area is 222 Å².